The maximum absolute atomic E-state index is 5.41. The molecule has 2 aromatic rings. The van der Waals surface area contributed by atoms with Crippen molar-refractivity contribution in [1.29, 1.82) is 0 Å². The Bertz CT molecular complexity index is 520. The van der Waals surface area contributed by atoms with Crippen LogP contribution < -0.4 is 4.74 Å². The summed E-state index contributed by atoms with van der Waals surface area (Å²) in [5, 5.41) is 0. The molecule has 84 valence electrons. The van der Waals surface area contributed by atoms with Gasteiger partial charge in [-0.3, -0.25) is 0 Å². The van der Waals surface area contributed by atoms with E-state index in [2.05, 4.69) is 45.8 Å². The third kappa shape index (κ3) is 1.97. The average molecular weight is 281 g/mol. The number of nitrogens with zero attached hydrogens (tertiary/aromatic N) is 1. The number of hydrogen-bond acceptors (Lipinski definition) is 2. The number of aromatic amines is 1. The second kappa shape index (κ2) is 4.29. The van der Waals surface area contributed by atoms with Gasteiger partial charge in [-0.2, -0.15) is 0 Å². The van der Waals surface area contributed by atoms with Gasteiger partial charge in [-0.05, 0) is 47.0 Å². The van der Waals surface area contributed by atoms with Crippen molar-refractivity contribution in [2.75, 3.05) is 7.11 Å². The second-order valence-electron chi connectivity index (χ2n) is 3.75. The number of nitrogens with one attached hydrogen (secondary N) is 1. The van der Waals surface area contributed by atoms with Crippen LogP contribution in [-0.4, -0.2) is 17.1 Å². The largest absolute Gasteiger partial charge is 0.496 e. The van der Waals surface area contributed by atoms with Crippen molar-refractivity contribution < 1.29 is 4.74 Å². The van der Waals surface area contributed by atoms with Crippen molar-refractivity contribution in [1.82, 2.24) is 9.97 Å². The Balaban J connectivity index is 2.63. The normalized spacial score (nSPS) is 10.5. The Morgan fingerprint density at radius 2 is 2.06 bits per heavy atom. The first-order chi connectivity index (χ1) is 7.61. The molecule has 0 unspecified atom stereocenters. The molecule has 2 rings (SSSR count). The van der Waals surface area contributed by atoms with Gasteiger partial charge in [0, 0.05) is 5.56 Å². The van der Waals surface area contributed by atoms with E-state index in [1.165, 1.54) is 11.1 Å². The fourth-order valence-corrected chi connectivity index (χ4v) is 2.17. The van der Waals surface area contributed by atoms with Crippen molar-refractivity contribution in [3.05, 3.63) is 34.2 Å². The minimum absolute atomic E-state index is 0.726. The van der Waals surface area contributed by atoms with E-state index in [1.54, 1.807) is 13.3 Å². The first kappa shape index (κ1) is 11.2. The standard InChI is InChI=1S/C12H13BrN2O/c1-7-4-8(2)11(10(5-7)16-3)9-6-14-12(13)15-9/h4-6H,1-3H3,(H,14,15). The van der Waals surface area contributed by atoms with Gasteiger partial charge in [-0.1, -0.05) is 6.07 Å². The van der Waals surface area contributed by atoms with Crippen LogP contribution in [0, 0.1) is 13.8 Å². The third-order valence-corrected chi connectivity index (χ3v) is 2.88. The third-order valence-electron chi connectivity index (χ3n) is 2.48. The molecule has 1 aromatic heterocycles. The Morgan fingerprint density at radius 3 is 2.62 bits per heavy atom. The predicted molar refractivity (Wildman–Crippen MR) is 67.7 cm³/mol. The van der Waals surface area contributed by atoms with Crippen LogP contribution in [0.4, 0.5) is 0 Å². The van der Waals surface area contributed by atoms with E-state index in [1.807, 2.05) is 6.07 Å². The van der Waals surface area contributed by atoms with Crippen molar-refractivity contribution in [3.8, 4) is 17.0 Å². The topological polar surface area (TPSA) is 37.9 Å². The van der Waals surface area contributed by atoms with Crippen LogP contribution in [0.5, 0.6) is 5.75 Å². The van der Waals surface area contributed by atoms with Crippen molar-refractivity contribution in [2.45, 2.75) is 13.8 Å². The number of benzene rings is 1. The molecule has 0 aliphatic heterocycles. The van der Waals surface area contributed by atoms with Crippen LogP contribution in [0.3, 0.4) is 0 Å². The van der Waals surface area contributed by atoms with Gasteiger partial charge >= 0.3 is 0 Å². The summed E-state index contributed by atoms with van der Waals surface area (Å²) in [5.74, 6) is 0.869. The number of aryl methyl sites for hydroxylation is 2. The van der Waals surface area contributed by atoms with Gasteiger partial charge in [0.15, 0.2) is 4.73 Å². The summed E-state index contributed by atoms with van der Waals surface area (Å²) in [4.78, 5) is 7.29. The number of H-pyrrole nitrogens is 1. The monoisotopic (exact) mass is 280 g/mol. The Labute approximate surface area is 103 Å². The molecule has 1 heterocycles. The van der Waals surface area contributed by atoms with Gasteiger partial charge in [0.25, 0.3) is 0 Å². The maximum Gasteiger partial charge on any atom is 0.174 e. The molecule has 3 nitrogen and oxygen atoms in total. The summed E-state index contributed by atoms with van der Waals surface area (Å²) in [7, 11) is 1.68. The van der Waals surface area contributed by atoms with Gasteiger partial charge in [0.05, 0.1) is 19.0 Å². The summed E-state index contributed by atoms with van der Waals surface area (Å²) in [6.45, 7) is 4.13. The molecule has 0 spiro atoms. The molecule has 0 amide bonds. The van der Waals surface area contributed by atoms with Crippen LogP contribution >= 0.6 is 15.9 Å². The number of halogens is 1. The summed E-state index contributed by atoms with van der Waals surface area (Å²) >= 11 is 3.31. The molecule has 16 heavy (non-hydrogen) atoms. The van der Waals surface area contributed by atoms with E-state index in [9.17, 15) is 0 Å². The van der Waals surface area contributed by atoms with E-state index in [0.717, 1.165) is 21.7 Å². The zero-order valence-corrected chi connectivity index (χ0v) is 11.1. The lowest BCUT2D eigenvalue weighted by Crippen LogP contribution is -1.92. The molecule has 0 bridgehead atoms. The maximum atomic E-state index is 5.41. The van der Waals surface area contributed by atoms with Gasteiger partial charge in [-0.25, -0.2) is 4.98 Å². The predicted octanol–water partition coefficient (Wildman–Crippen LogP) is 3.46. The highest BCUT2D eigenvalue weighted by Crippen LogP contribution is 2.33. The van der Waals surface area contributed by atoms with Crippen LogP contribution in [0.2, 0.25) is 0 Å². The highest BCUT2D eigenvalue weighted by atomic mass is 79.9. The molecule has 0 radical (unpaired) electrons. The SMILES string of the molecule is COc1cc(C)cc(C)c1-c1cnc(Br)[nH]1. The van der Waals surface area contributed by atoms with E-state index in [0.29, 0.717) is 0 Å². The molecule has 0 aliphatic carbocycles. The fraction of sp³-hybridized carbons (Fsp3) is 0.250. The highest BCUT2D eigenvalue weighted by Gasteiger charge is 2.12. The summed E-state index contributed by atoms with van der Waals surface area (Å²) in [6.07, 6.45) is 1.80. The number of hydrogen-bond donors (Lipinski definition) is 1. The molecule has 1 aromatic carbocycles. The lowest BCUT2D eigenvalue weighted by atomic mass is 10.0. The number of imidazole rings is 1. The number of rotatable bonds is 2. The Hall–Kier alpha value is -1.29. The van der Waals surface area contributed by atoms with Crippen LogP contribution in [0.15, 0.2) is 23.1 Å². The van der Waals surface area contributed by atoms with Gasteiger partial charge in [-0.15, -0.1) is 0 Å². The average Bonchev–Trinajstić information content (AvgIpc) is 2.63. The number of methoxy groups -OCH3 is 1. The van der Waals surface area contributed by atoms with E-state index in [-0.39, 0.29) is 0 Å². The van der Waals surface area contributed by atoms with Crippen LogP contribution in [0.25, 0.3) is 11.3 Å². The molecule has 0 saturated carbocycles. The molecule has 0 atom stereocenters. The minimum Gasteiger partial charge on any atom is -0.496 e. The summed E-state index contributed by atoms with van der Waals surface area (Å²) in [5.41, 5.74) is 4.39. The van der Waals surface area contributed by atoms with Crippen molar-refractivity contribution in [2.24, 2.45) is 0 Å². The molecule has 0 fully saturated rings. The molecular weight excluding hydrogens is 268 g/mol. The number of ether oxygens (including phenoxy) is 1. The number of aromatic nitrogens is 2. The highest BCUT2D eigenvalue weighted by molar-refractivity contribution is 9.10. The molecule has 0 saturated heterocycles. The van der Waals surface area contributed by atoms with Crippen molar-refractivity contribution >= 4 is 15.9 Å². The van der Waals surface area contributed by atoms with Gasteiger partial charge in [0.2, 0.25) is 0 Å². The smallest absolute Gasteiger partial charge is 0.174 e. The fourth-order valence-electron chi connectivity index (χ4n) is 1.86. The molecule has 1 N–H and O–H groups in total. The molecule has 4 heteroatoms. The second-order valence-corrected chi connectivity index (χ2v) is 4.50. The lowest BCUT2D eigenvalue weighted by molar-refractivity contribution is 0.415. The zero-order valence-electron chi connectivity index (χ0n) is 9.47. The van der Waals surface area contributed by atoms with Crippen molar-refractivity contribution in [3.63, 3.8) is 0 Å². The molecule has 0 aliphatic rings. The van der Waals surface area contributed by atoms with Crippen LogP contribution in [0.1, 0.15) is 11.1 Å². The van der Waals surface area contributed by atoms with E-state index >= 15 is 0 Å². The van der Waals surface area contributed by atoms with E-state index in [4.69, 9.17) is 4.74 Å². The Morgan fingerprint density at radius 1 is 1.31 bits per heavy atom. The minimum atomic E-state index is 0.726. The lowest BCUT2D eigenvalue weighted by Gasteiger charge is -2.11. The molecular formula is C12H13BrN2O. The van der Waals surface area contributed by atoms with Gasteiger partial charge < -0.3 is 9.72 Å². The zero-order chi connectivity index (χ0) is 11.7. The van der Waals surface area contributed by atoms with E-state index < -0.39 is 0 Å². The summed E-state index contributed by atoms with van der Waals surface area (Å²) in [6, 6.07) is 4.16. The Kier molecular flexibility index (Phi) is 3.01. The quantitative estimate of drug-likeness (QED) is 0.915. The van der Waals surface area contributed by atoms with Crippen LogP contribution in [-0.2, 0) is 0 Å². The van der Waals surface area contributed by atoms with Gasteiger partial charge in [0.1, 0.15) is 5.75 Å². The summed E-state index contributed by atoms with van der Waals surface area (Å²) < 4.78 is 6.13. The first-order valence-corrected chi connectivity index (χ1v) is 5.77. The first-order valence-electron chi connectivity index (χ1n) is 4.98.